The van der Waals surface area contributed by atoms with Crippen LogP contribution in [-0.4, -0.2) is 20.9 Å². The van der Waals surface area contributed by atoms with Crippen molar-refractivity contribution in [2.75, 3.05) is 6.54 Å². The van der Waals surface area contributed by atoms with Crippen molar-refractivity contribution in [2.24, 2.45) is 0 Å². The number of aromatic nitrogens is 3. The molecule has 0 aliphatic rings. The third kappa shape index (κ3) is 3.73. The summed E-state index contributed by atoms with van der Waals surface area (Å²) in [6, 6.07) is 6.87. The molecule has 20 heavy (non-hydrogen) atoms. The first kappa shape index (κ1) is 14.9. The molecule has 1 atom stereocenters. The van der Waals surface area contributed by atoms with E-state index in [1.54, 1.807) is 0 Å². The molecule has 0 fully saturated rings. The Labute approximate surface area is 121 Å². The Balaban J connectivity index is 1.99. The minimum Gasteiger partial charge on any atom is -0.344 e. The van der Waals surface area contributed by atoms with E-state index in [0.717, 1.165) is 31.7 Å². The van der Waals surface area contributed by atoms with Crippen LogP contribution in [0.3, 0.4) is 0 Å². The van der Waals surface area contributed by atoms with Gasteiger partial charge >= 0.3 is 0 Å². The van der Waals surface area contributed by atoms with Gasteiger partial charge in [0.15, 0.2) is 0 Å². The quantitative estimate of drug-likeness (QED) is 0.750. The van der Waals surface area contributed by atoms with E-state index in [1.807, 2.05) is 0 Å². The van der Waals surface area contributed by atoms with E-state index < -0.39 is 0 Å². The molecule has 1 N–H and O–H groups in total. The maximum absolute atomic E-state index is 4.67. The van der Waals surface area contributed by atoms with Gasteiger partial charge in [-0.05, 0) is 44.5 Å². The van der Waals surface area contributed by atoms with Crippen LogP contribution in [-0.2, 0) is 13.1 Å². The number of nitrogens with one attached hydrogen (secondary N) is 1. The van der Waals surface area contributed by atoms with E-state index in [0.29, 0.717) is 6.04 Å². The molecule has 2 aromatic rings. The summed E-state index contributed by atoms with van der Waals surface area (Å²) >= 11 is 0. The highest BCUT2D eigenvalue weighted by atomic mass is 15.3. The van der Waals surface area contributed by atoms with Crippen LogP contribution in [0.4, 0.5) is 0 Å². The van der Waals surface area contributed by atoms with Crippen molar-refractivity contribution in [2.45, 2.75) is 52.7 Å². The Hall–Kier alpha value is -1.55. The van der Waals surface area contributed by atoms with Crippen LogP contribution >= 0.6 is 0 Å². The summed E-state index contributed by atoms with van der Waals surface area (Å²) in [6.07, 6.45) is 6.49. The zero-order chi connectivity index (χ0) is 14.4. The highest BCUT2D eigenvalue weighted by Gasteiger charge is 2.07. The standard InChI is InChI=1S/C16H26N4/c1-4-9-17-12-16-7-6-10-19(16)13-15-8-11-20(18-15)14(3)5-2/h6-8,10-11,14,17H,4-5,9,12-13H2,1-3H3. The van der Waals surface area contributed by atoms with Gasteiger partial charge in [0.1, 0.15) is 0 Å². The molecule has 2 rings (SSSR count). The summed E-state index contributed by atoms with van der Waals surface area (Å²) in [5.74, 6) is 0. The summed E-state index contributed by atoms with van der Waals surface area (Å²) in [5, 5.41) is 8.12. The molecule has 0 amide bonds. The topological polar surface area (TPSA) is 34.8 Å². The van der Waals surface area contributed by atoms with Gasteiger partial charge in [-0.25, -0.2) is 0 Å². The Morgan fingerprint density at radius 2 is 2.10 bits per heavy atom. The highest BCUT2D eigenvalue weighted by molar-refractivity contribution is 5.10. The van der Waals surface area contributed by atoms with Crippen molar-refractivity contribution in [3.8, 4) is 0 Å². The molecule has 0 aliphatic carbocycles. The first-order valence-corrected chi connectivity index (χ1v) is 7.63. The van der Waals surface area contributed by atoms with Crippen LogP contribution in [0.15, 0.2) is 30.6 Å². The molecule has 1 unspecified atom stereocenters. The Bertz CT molecular complexity index is 512. The average Bonchev–Trinajstić information content (AvgIpc) is 3.09. The van der Waals surface area contributed by atoms with Gasteiger partial charge in [0.2, 0.25) is 0 Å². The Morgan fingerprint density at radius 1 is 1.25 bits per heavy atom. The number of hydrogen-bond acceptors (Lipinski definition) is 2. The molecule has 0 saturated carbocycles. The van der Waals surface area contributed by atoms with Crippen molar-refractivity contribution in [1.82, 2.24) is 19.7 Å². The van der Waals surface area contributed by atoms with E-state index >= 15 is 0 Å². The first-order valence-electron chi connectivity index (χ1n) is 7.63. The SMILES string of the molecule is CCCNCc1cccn1Cc1ccn(C(C)CC)n1. The van der Waals surface area contributed by atoms with Gasteiger partial charge in [-0.2, -0.15) is 5.10 Å². The minimum atomic E-state index is 0.471. The molecule has 0 aromatic carbocycles. The van der Waals surface area contributed by atoms with Gasteiger partial charge in [0.05, 0.1) is 12.2 Å². The average molecular weight is 274 g/mol. The second kappa shape index (κ2) is 7.29. The van der Waals surface area contributed by atoms with Gasteiger partial charge < -0.3 is 9.88 Å². The van der Waals surface area contributed by atoms with Gasteiger partial charge in [-0.15, -0.1) is 0 Å². The minimum absolute atomic E-state index is 0.471. The van der Waals surface area contributed by atoms with Crippen LogP contribution in [0.1, 0.15) is 51.0 Å². The lowest BCUT2D eigenvalue weighted by Crippen LogP contribution is -2.17. The summed E-state index contributed by atoms with van der Waals surface area (Å²) < 4.78 is 4.33. The number of nitrogens with zero attached hydrogens (tertiary/aromatic N) is 3. The van der Waals surface area contributed by atoms with Gasteiger partial charge in [-0.3, -0.25) is 4.68 Å². The molecule has 4 heteroatoms. The third-order valence-corrected chi connectivity index (χ3v) is 3.69. The first-order chi connectivity index (χ1) is 9.74. The normalized spacial score (nSPS) is 12.8. The van der Waals surface area contributed by atoms with Crippen molar-refractivity contribution in [3.05, 3.63) is 42.0 Å². The predicted molar refractivity (Wildman–Crippen MR) is 82.8 cm³/mol. The van der Waals surface area contributed by atoms with Crippen LogP contribution in [0, 0.1) is 0 Å². The zero-order valence-electron chi connectivity index (χ0n) is 12.8. The number of rotatable bonds is 8. The van der Waals surface area contributed by atoms with E-state index in [2.05, 4.69) is 71.0 Å². The molecule has 2 heterocycles. The number of hydrogen-bond donors (Lipinski definition) is 1. The van der Waals surface area contributed by atoms with Crippen LogP contribution < -0.4 is 5.32 Å². The molecule has 4 nitrogen and oxygen atoms in total. The molecule has 0 spiro atoms. The fourth-order valence-corrected chi connectivity index (χ4v) is 2.23. The van der Waals surface area contributed by atoms with E-state index in [-0.39, 0.29) is 0 Å². The van der Waals surface area contributed by atoms with Crippen molar-refractivity contribution in [1.29, 1.82) is 0 Å². The van der Waals surface area contributed by atoms with Crippen molar-refractivity contribution in [3.63, 3.8) is 0 Å². The maximum atomic E-state index is 4.67. The maximum Gasteiger partial charge on any atom is 0.0821 e. The summed E-state index contributed by atoms with van der Waals surface area (Å²) in [6.45, 7) is 9.41. The summed E-state index contributed by atoms with van der Waals surface area (Å²) in [4.78, 5) is 0. The smallest absolute Gasteiger partial charge is 0.0821 e. The van der Waals surface area contributed by atoms with E-state index in [4.69, 9.17) is 0 Å². The van der Waals surface area contributed by atoms with Crippen LogP contribution in [0.2, 0.25) is 0 Å². The molecule has 0 radical (unpaired) electrons. The second-order valence-corrected chi connectivity index (χ2v) is 5.35. The lowest BCUT2D eigenvalue weighted by molar-refractivity contribution is 0.471. The lowest BCUT2D eigenvalue weighted by atomic mass is 10.3. The predicted octanol–water partition coefficient (Wildman–Crippen LogP) is 3.20. The molecular weight excluding hydrogens is 248 g/mol. The highest BCUT2D eigenvalue weighted by Crippen LogP contribution is 2.11. The molecule has 110 valence electrons. The van der Waals surface area contributed by atoms with Gasteiger partial charge in [0, 0.05) is 30.7 Å². The van der Waals surface area contributed by atoms with Crippen LogP contribution in [0.5, 0.6) is 0 Å². The molecule has 0 saturated heterocycles. The fourth-order valence-electron chi connectivity index (χ4n) is 2.23. The van der Waals surface area contributed by atoms with Crippen molar-refractivity contribution >= 4 is 0 Å². The lowest BCUT2D eigenvalue weighted by Gasteiger charge is -2.10. The van der Waals surface area contributed by atoms with E-state index in [1.165, 1.54) is 12.1 Å². The van der Waals surface area contributed by atoms with Gasteiger partial charge in [-0.1, -0.05) is 13.8 Å². The summed E-state index contributed by atoms with van der Waals surface area (Å²) in [5.41, 5.74) is 2.44. The molecule has 0 aliphatic heterocycles. The molecule has 2 aromatic heterocycles. The molecular formula is C16H26N4. The van der Waals surface area contributed by atoms with Gasteiger partial charge in [0.25, 0.3) is 0 Å². The fraction of sp³-hybridized carbons (Fsp3) is 0.562. The summed E-state index contributed by atoms with van der Waals surface area (Å²) in [7, 11) is 0. The van der Waals surface area contributed by atoms with Crippen molar-refractivity contribution < 1.29 is 0 Å². The van der Waals surface area contributed by atoms with Crippen LogP contribution in [0.25, 0.3) is 0 Å². The monoisotopic (exact) mass is 274 g/mol. The third-order valence-electron chi connectivity index (χ3n) is 3.69. The largest absolute Gasteiger partial charge is 0.344 e. The second-order valence-electron chi connectivity index (χ2n) is 5.35. The Kier molecular flexibility index (Phi) is 5.41. The zero-order valence-corrected chi connectivity index (χ0v) is 12.8. The molecule has 0 bridgehead atoms. The Morgan fingerprint density at radius 3 is 2.85 bits per heavy atom. The van der Waals surface area contributed by atoms with E-state index in [9.17, 15) is 0 Å².